The molecule has 0 fully saturated rings. The van der Waals surface area contributed by atoms with E-state index in [9.17, 15) is 9.59 Å². The van der Waals surface area contributed by atoms with E-state index in [1.54, 1.807) is 6.92 Å². The molecule has 8 nitrogen and oxygen atoms in total. The summed E-state index contributed by atoms with van der Waals surface area (Å²) in [6.07, 6.45) is 1.69. The molecule has 1 aromatic rings. The van der Waals surface area contributed by atoms with Crippen molar-refractivity contribution in [3.05, 3.63) is 11.4 Å². The van der Waals surface area contributed by atoms with Gasteiger partial charge in [0.2, 0.25) is 0 Å². The predicted molar refractivity (Wildman–Crippen MR) is 72.5 cm³/mol. The smallest absolute Gasteiger partial charge is 0.326 e. The van der Waals surface area contributed by atoms with E-state index >= 15 is 0 Å². The quantitative estimate of drug-likeness (QED) is 0.715. The van der Waals surface area contributed by atoms with Gasteiger partial charge in [0, 0.05) is 0 Å². The second kappa shape index (κ2) is 7.37. The molecule has 0 saturated heterocycles. The maximum atomic E-state index is 11.6. The van der Waals surface area contributed by atoms with Crippen LogP contribution in [0.3, 0.4) is 0 Å². The van der Waals surface area contributed by atoms with Gasteiger partial charge in [-0.25, -0.2) is 14.6 Å². The average molecular weight is 281 g/mol. The highest BCUT2D eigenvalue weighted by atomic mass is 16.4. The topological polar surface area (TPSA) is 117 Å². The summed E-state index contributed by atoms with van der Waals surface area (Å²) in [7, 11) is 0. The molecule has 0 aliphatic heterocycles. The first-order valence-electron chi connectivity index (χ1n) is 6.54. The van der Waals surface area contributed by atoms with Gasteiger partial charge in [-0.05, 0) is 19.3 Å². The molecule has 1 rings (SSSR count). The number of anilines is 1. The number of carbonyl (C=O) groups excluding carboxylic acids is 1. The van der Waals surface area contributed by atoms with Gasteiger partial charge in [-0.1, -0.05) is 20.8 Å². The minimum Gasteiger partial charge on any atom is -0.480 e. The Hall–Kier alpha value is -2.25. The zero-order valence-electron chi connectivity index (χ0n) is 11.8. The lowest BCUT2D eigenvalue weighted by molar-refractivity contribution is -0.139. The van der Waals surface area contributed by atoms with Gasteiger partial charge < -0.3 is 10.4 Å². The van der Waals surface area contributed by atoms with E-state index in [1.165, 1.54) is 0 Å². The highest BCUT2D eigenvalue weighted by molar-refractivity contribution is 5.90. The van der Waals surface area contributed by atoms with E-state index < -0.39 is 18.0 Å². The number of hydrogen-bond donors (Lipinski definition) is 3. The number of nitrogens with zero attached hydrogens (tertiary/aromatic N) is 3. The van der Waals surface area contributed by atoms with Crippen LogP contribution in [0.25, 0.3) is 0 Å². The van der Waals surface area contributed by atoms with Crippen LogP contribution < -0.4 is 10.6 Å². The monoisotopic (exact) mass is 281 g/mol. The van der Waals surface area contributed by atoms with Crippen LogP contribution in [0.4, 0.5) is 10.7 Å². The first-order valence-corrected chi connectivity index (χ1v) is 6.54. The maximum Gasteiger partial charge on any atom is 0.326 e. The minimum absolute atomic E-state index is 0.0665. The molecule has 1 unspecified atom stereocenters. The molecule has 0 aromatic carbocycles. The van der Waals surface area contributed by atoms with Crippen LogP contribution in [-0.4, -0.2) is 38.3 Å². The summed E-state index contributed by atoms with van der Waals surface area (Å²) in [6.45, 7) is 5.55. The SMILES string of the molecule is CCc1nnc(NC(=O)NC(CC)C(=O)O)nc1CC. The van der Waals surface area contributed by atoms with Gasteiger partial charge in [0.05, 0.1) is 11.4 Å². The number of hydrogen-bond acceptors (Lipinski definition) is 5. The molecule has 0 radical (unpaired) electrons. The molecule has 0 bridgehead atoms. The van der Waals surface area contributed by atoms with Crippen molar-refractivity contribution in [1.82, 2.24) is 20.5 Å². The molecule has 20 heavy (non-hydrogen) atoms. The van der Waals surface area contributed by atoms with E-state index in [4.69, 9.17) is 5.11 Å². The molecule has 110 valence electrons. The number of aromatic nitrogens is 3. The van der Waals surface area contributed by atoms with Crippen molar-refractivity contribution in [2.45, 2.75) is 46.1 Å². The van der Waals surface area contributed by atoms with E-state index in [2.05, 4.69) is 25.8 Å². The van der Waals surface area contributed by atoms with Gasteiger partial charge in [-0.15, -0.1) is 10.2 Å². The normalized spacial score (nSPS) is 11.8. The van der Waals surface area contributed by atoms with Gasteiger partial charge in [0.1, 0.15) is 6.04 Å². The van der Waals surface area contributed by atoms with Gasteiger partial charge in [-0.2, -0.15) is 0 Å². The molecule has 0 aliphatic rings. The molecule has 0 aliphatic carbocycles. The summed E-state index contributed by atoms with van der Waals surface area (Å²) in [6, 6.07) is -1.60. The van der Waals surface area contributed by atoms with Gasteiger partial charge >= 0.3 is 12.0 Å². The lowest BCUT2D eigenvalue weighted by atomic mass is 10.2. The molecular weight excluding hydrogens is 262 g/mol. The van der Waals surface area contributed by atoms with Gasteiger partial charge in [0.25, 0.3) is 5.95 Å². The Morgan fingerprint density at radius 3 is 2.30 bits per heavy atom. The van der Waals surface area contributed by atoms with Crippen LogP contribution in [0, 0.1) is 0 Å². The fraction of sp³-hybridized carbons (Fsp3) is 0.583. The number of carboxylic acids is 1. The number of amides is 2. The molecule has 1 aromatic heterocycles. The first-order chi connectivity index (χ1) is 9.51. The molecule has 8 heteroatoms. The molecular formula is C12H19N5O3. The van der Waals surface area contributed by atoms with Crippen LogP contribution >= 0.6 is 0 Å². The van der Waals surface area contributed by atoms with Gasteiger partial charge in [0.15, 0.2) is 0 Å². The van der Waals surface area contributed by atoms with Crippen LogP contribution in [0.15, 0.2) is 0 Å². The molecule has 2 amide bonds. The van der Waals surface area contributed by atoms with Crippen LogP contribution in [-0.2, 0) is 17.6 Å². The molecule has 0 saturated carbocycles. The van der Waals surface area contributed by atoms with E-state index in [0.717, 1.165) is 11.4 Å². The van der Waals surface area contributed by atoms with Crippen molar-refractivity contribution >= 4 is 17.9 Å². The van der Waals surface area contributed by atoms with Crippen molar-refractivity contribution in [2.75, 3.05) is 5.32 Å². The zero-order chi connectivity index (χ0) is 15.1. The van der Waals surface area contributed by atoms with Crippen molar-refractivity contribution < 1.29 is 14.7 Å². The van der Waals surface area contributed by atoms with E-state index in [1.807, 2.05) is 13.8 Å². The highest BCUT2D eigenvalue weighted by Gasteiger charge is 2.18. The number of aryl methyl sites for hydroxylation is 2. The third-order valence-electron chi connectivity index (χ3n) is 2.75. The average Bonchev–Trinajstić information content (AvgIpc) is 2.44. The summed E-state index contributed by atoms with van der Waals surface area (Å²) in [5.74, 6) is -1.02. The zero-order valence-corrected chi connectivity index (χ0v) is 11.8. The highest BCUT2D eigenvalue weighted by Crippen LogP contribution is 2.06. The fourth-order valence-electron chi connectivity index (χ4n) is 1.63. The maximum absolute atomic E-state index is 11.6. The fourth-order valence-corrected chi connectivity index (χ4v) is 1.63. The van der Waals surface area contributed by atoms with Crippen LogP contribution in [0.5, 0.6) is 0 Å². The largest absolute Gasteiger partial charge is 0.480 e. The Balaban J connectivity index is 2.73. The number of urea groups is 1. The summed E-state index contributed by atoms with van der Waals surface area (Å²) in [5.41, 5.74) is 1.55. The third kappa shape index (κ3) is 4.15. The number of carbonyl (C=O) groups is 2. The van der Waals surface area contributed by atoms with Crippen molar-refractivity contribution in [3.8, 4) is 0 Å². The molecule has 1 atom stereocenters. The Labute approximate surface area is 117 Å². The third-order valence-corrected chi connectivity index (χ3v) is 2.75. The van der Waals surface area contributed by atoms with Crippen molar-refractivity contribution in [2.24, 2.45) is 0 Å². The van der Waals surface area contributed by atoms with Crippen LogP contribution in [0.2, 0.25) is 0 Å². The summed E-state index contributed by atoms with van der Waals surface area (Å²) in [4.78, 5) is 26.7. The molecule has 0 spiro atoms. The van der Waals surface area contributed by atoms with E-state index in [0.29, 0.717) is 12.8 Å². The molecule has 3 N–H and O–H groups in total. The summed E-state index contributed by atoms with van der Waals surface area (Å²) >= 11 is 0. The number of nitrogens with one attached hydrogen (secondary N) is 2. The van der Waals surface area contributed by atoms with Gasteiger partial charge in [-0.3, -0.25) is 5.32 Å². The Morgan fingerprint density at radius 2 is 1.80 bits per heavy atom. The van der Waals surface area contributed by atoms with Crippen molar-refractivity contribution in [3.63, 3.8) is 0 Å². The predicted octanol–water partition coefficient (Wildman–Crippen LogP) is 0.981. The van der Waals surface area contributed by atoms with Crippen molar-refractivity contribution in [1.29, 1.82) is 0 Å². The minimum atomic E-state index is -1.09. The molecule has 1 heterocycles. The number of aliphatic carboxylic acids is 1. The Bertz CT molecular complexity index is 492. The van der Waals surface area contributed by atoms with Crippen LogP contribution in [0.1, 0.15) is 38.6 Å². The Kier molecular flexibility index (Phi) is 5.82. The standard InChI is InChI=1S/C12H19N5O3/c1-4-7-8(5-2)16-17-11(13-7)15-12(20)14-9(6-3)10(18)19/h9H,4-6H2,1-3H3,(H,18,19)(H2,13,14,15,17,20). The first kappa shape index (κ1) is 15.8. The second-order valence-electron chi connectivity index (χ2n) is 4.13. The lowest BCUT2D eigenvalue weighted by Crippen LogP contribution is -2.42. The van der Waals surface area contributed by atoms with E-state index in [-0.39, 0.29) is 12.4 Å². The lowest BCUT2D eigenvalue weighted by Gasteiger charge is -2.12. The number of rotatable bonds is 6. The Morgan fingerprint density at radius 1 is 1.15 bits per heavy atom. The number of carboxylic acid groups (broad SMARTS) is 1. The summed E-state index contributed by atoms with van der Waals surface area (Å²) in [5, 5.41) is 21.3. The second-order valence-corrected chi connectivity index (χ2v) is 4.13. The summed E-state index contributed by atoms with van der Waals surface area (Å²) < 4.78 is 0.